The zero-order chi connectivity index (χ0) is 17.6. The number of nitrogens with zero attached hydrogens (tertiary/aromatic N) is 1. The third-order valence-corrected chi connectivity index (χ3v) is 5.54. The molecule has 1 aromatic rings. The summed E-state index contributed by atoms with van der Waals surface area (Å²) < 4.78 is 23.1. The fourth-order valence-corrected chi connectivity index (χ4v) is 4.44. The second-order valence-electron chi connectivity index (χ2n) is 6.74. The molecule has 0 atom stereocenters. The van der Waals surface area contributed by atoms with Crippen molar-refractivity contribution in [1.82, 2.24) is 10.6 Å². The predicted octanol–water partition coefficient (Wildman–Crippen LogP) is 2.13. The van der Waals surface area contributed by atoms with Crippen molar-refractivity contribution < 1.29 is 8.42 Å². The van der Waals surface area contributed by atoms with Gasteiger partial charge in [-0.25, -0.2) is 13.4 Å². The summed E-state index contributed by atoms with van der Waals surface area (Å²) in [6.45, 7) is 6.23. The minimum absolute atomic E-state index is 0.106. The van der Waals surface area contributed by atoms with Crippen LogP contribution < -0.4 is 10.6 Å². The van der Waals surface area contributed by atoms with E-state index in [2.05, 4.69) is 40.7 Å². The summed E-state index contributed by atoms with van der Waals surface area (Å²) in [6.07, 6.45) is 4.23. The van der Waals surface area contributed by atoms with Gasteiger partial charge in [-0.15, -0.1) is 0 Å². The Balaban J connectivity index is 1.99. The first-order valence-corrected chi connectivity index (χ1v) is 10.7. The van der Waals surface area contributed by atoms with Crippen LogP contribution in [-0.2, 0) is 22.8 Å². The molecule has 1 aromatic carbocycles. The summed E-state index contributed by atoms with van der Waals surface area (Å²) in [5.41, 5.74) is 2.44. The predicted molar refractivity (Wildman–Crippen MR) is 100 cm³/mol. The normalized spacial score (nSPS) is 16.7. The Bertz CT molecular complexity index is 679. The van der Waals surface area contributed by atoms with Crippen LogP contribution in [0.1, 0.15) is 37.8 Å². The molecule has 1 fully saturated rings. The largest absolute Gasteiger partial charge is 0.357 e. The molecule has 2 N–H and O–H groups in total. The highest BCUT2D eigenvalue weighted by Crippen LogP contribution is 2.45. The molecule has 0 saturated heterocycles. The number of nitrogens with one attached hydrogen (secondary N) is 2. The van der Waals surface area contributed by atoms with E-state index in [1.54, 1.807) is 0 Å². The second kappa shape index (κ2) is 8.01. The molecule has 134 valence electrons. The SMILES string of the molecule is CCNC(=NCc1ccccc1CC)NCC1(CS(C)(=O)=O)CC1. The number of sulfone groups is 1. The number of rotatable bonds is 8. The zero-order valence-corrected chi connectivity index (χ0v) is 15.7. The molecule has 0 spiro atoms. The minimum atomic E-state index is -2.94. The van der Waals surface area contributed by atoms with Gasteiger partial charge in [0.15, 0.2) is 5.96 Å². The third kappa shape index (κ3) is 5.82. The van der Waals surface area contributed by atoms with E-state index in [1.165, 1.54) is 17.4 Å². The summed E-state index contributed by atoms with van der Waals surface area (Å²) in [4.78, 5) is 4.66. The lowest BCUT2D eigenvalue weighted by atomic mass is 10.1. The molecule has 0 radical (unpaired) electrons. The Morgan fingerprint density at radius 3 is 2.38 bits per heavy atom. The molecule has 0 bridgehead atoms. The van der Waals surface area contributed by atoms with Gasteiger partial charge < -0.3 is 10.6 Å². The first-order chi connectivity index (χ1) is 11.4. The van der Waals surface area contributed by atoms with Crippen LogP contribution in [0.4, 0.5) is 0 Å². The first-order valence-electron chi connectivity index (χ1n) is 8.64. The van der Waals surface area contributed by atoms with Crippen LogP contribution >= 0.6 is 0 Å². The highest BCUT2D eigenvalue weighted by Gasteiger charge is 2.45. The molecular weight excluding hydrogens is 322 g/mol. The number of aryl methyl sites for hydroxylation is 1. The van der Waals surface area contributed by atoms with Gasteiger partial charge in [0, 0.05) is 24.8 Å². The van der Waals surface area contributed by atoms with Gasteiger partial charge >= 0.3 is 0 Å². The standard InChI is InChI=1S/C18H29N3O2S/c1-4-15-8-6-7-9-16(15)12-20-17(19-5-2)21-13-18(10-11-18)14-24(3,22)23/h6-9H,4-5,10-14H2,1-3H3,(H2,19,20,21). The fourth-order valence-electron chi connectivity index (χ4n) is 2.94. The number of guanidine groups is 1. The summed E-state index contributed by atoms with van der Waals surface area (Å²) in [5.74, 6) is 1.01. The van der Waals surface area contributed by atoms with E-state index in [0.717, 1.165) is 31.8 Å². The highest BCUT2D eigenvalue weighted by molar-refractivity contribution is 7.90. The Morgan fingerprint density at radius 1 is 1.17 bits per heavy atom. The van der Waals surface area contributed by atoms with Crippen LogP contribution in [0.5, 0.6) is 0 Å². The second-order valence-corrected chi connectivity index (χ2v) is 8.88. The molecule has 1 aliphatic rings. The maximum Gasteiger partial charge on any atom is 0.191 e. The Morgan fingerprint density at radius 2 is 1.83 bits per heavy atom. The molecule has 0 unspecified atom stereocenters. The molecule has 0 aromatic heterocycles. The molecule has 1 aliphatic carbocycles. The van der Waals surface area contributed by atoms with Crippen molar-refractivity contribution in [1.29, 1.82) is 0 Å². The van der Waals surface area contributed by atoms with Gasteiger partial charge in [0.05, 0.1) is 12.3 Å². The van der Waals surface area contributed by atoms with Crippen molar-refractivity contribution in [3.8, 4) is 0 Å². The molecule has 5 nitrogen and oxygen atoms in total. The lowest BCUT2D eigenvalue weighted by molar-refractivity contribution is 0.529. The number of benzene rings is 1. The van der Waals surface area contributed by atoms with Crippen LogP contribution in [0.25, 0.3) is 0 Å². The molecule has 0 aliphatic heterocycles. The third-order valence-electron chi connectivity index (χ3n) is 4.41. The Labute approximate surface area is 145 Å². The van der Waals surface area contributed by atoms with Crippen molar-refractivity contribution in [3.05, 3.63) is 35.4 Å². The van der Waals surface area contributed by atoms with Crippen molar-refractivity contribution in [2.75, 3.05) is 25.1 Å². The van der Waals surface area contributed by atoms with Crippen LogP contribution in [0, 0.1) is 5.41 Å². The first kappa shape index (κ1) is 18.8. The topological polar surface area (TPSA) is 70.6 Å². The summed E-state index contributed by atoms with van der Waals surface area (Å²) >= 11 is 0. The van der Waals surface area contributed by atoms with Gasteiger partial charge in [0.2, 0.25) is 0 Å². The number of aliphatic imine (C=N–C) groups is 1. The molecular formula is C18H29N3O2S. The van der Waals surface area contributed by atoms with E-state index in [0.29, 0.717) is 13.1 Å². The summed E-state index contributed by atoms with van der Waals surface area (Å²) in [6, 6.07) is 8.33. The maximum atomic E-state index is 11.6. The van der Waals surface area contributed by atoms with E-state index < -0.39 is 9.84 Å². The summed E-state index contributed by atoms with van der Waals surface area (Å²) in [7, 11) is -2.94. The van der Waals surface area contributed by atoms with Gasteiger partial charge in [-0.05, 0) is 37.3 Å². The lowest BCUT2D eigenvalue weighted by Gasteiger charge is -2.18. The van der Waals surface area contributed by atoms with Crippen LogP contribution in [0.15, 0.2) is 29.3 Å². The minimum Gasteiger partial charge on any atom is -0.357 e. The molecule has 0 heterocycles. The fraction of sp³-hybridized carbons (Fsp3) is 0.611. The molecule has 6 heteroatoms. The zero-order valence-electron chi connectivity index (χ0n) is 14.9. The lowest BCUT2D eigenvalue weighted by Crippen LogP contribution is -2.41. The van der Waals surface area contributed by atoms with Gasteiger partial charge in [0.1, 0.15) is 9.84 Å². The molecule has 0 amide bonds. The summed E-state index contributed by atoms with van der Waals surface area (Å²) in [5, 5.41) is 6.57. The molecule has 2 rings (SSSR count). The smallest absolute Gasteiger partial charge is 0.191 e. The Kier molecular flexibility index (Phi) is 6.27. The number of hydrogen-bond acceptors (Lipinski definition) is 3. The maximum absolute atomic E-state index is 11.6. The van der Waals surface area contributed by atoms with Crippen molar-refractivity contribution in [2.45, 2.75) is 39.7 Å². The molecule has 24 heavy (non-hydrogen) atoms. The molecule has 1 saturated carbocycles. The van der Waals surface area contributed by atoms with Crippen molar-refractivity contribution in [2.24, 2.45) is 10.4 Å². The van der Waals surface area contributed by atoms with E-state index in [4.69, 9.17) is 0 Å². The van der Waals surface area contributed by atoms with Gasteiger partial charge in [-0.3, -0.25) is 0 Å². The highest BCUT2D eigenvalue weighted by atomic mass is 32.2. The van der Waals surface area contributed by atoms with Crippen LogP contribution in [0.3, 0.4) is 0 Å². The number of hydrogen-bond donors (Lipinski definition) is 2. The van der Waals surface area contributed by atoms with Gasteiger partial charge in [-0.2, -0.15) is 0 Å². The van der Waals surface area contributed by atoms with Gasteiger partial charge in [0.25, 0.3) is 0 Å². The van der Waals surface area contributed by atoms with E-state index in [1.807, 2.05) is 13.0 Å². The average molecular weight is 352 g/mol. The Hall–Kier alpha value is -1.56. The van der Waals surface area contributed by atoms with Crippen LogP contribution in [-0.4, -0.2) is 39.5 Å². The quantitative estimate of drug-likeness (QED) is 0.556. The van der Waals surface area contributed by atoms with Gasteiger partial charge in [-0.1, -0.05) is 31.2 Å². The van der Waals surface area contributed by atoms with Crippen molar-refractivity contribution in [3.63, 3.8) is 0 Å². The van der Waals surface area contributed by atoms with E-state index >= 15 is 0 Å². The van der Waals surface area contributed by atoms with E-state index in [9.17, 15) is 8.42 Å². The van der Waals surface area contributed by atoms with Crippen molar-refractivity contribution >= 4 is 15.8 Å². The van der Waals surface area contributed by atoms with Crippen LogP contribution in [0.2, 0.25) is 0 Å². The average Bonchev–Trinajstić information content (AvgIpc) is 3.28. The monoisotopic (exact) mass is 351 g/mol. The van der Waals surface area contributed by atoms with E-state index in [-0.39, 0.29) is 11.2 Å².